The smallest absolute Gasteiger partial charge is 0.389 e. The van der Waals surface area contributed by atoms with Crippen molar-refractivity contribution < 1.29 is 42.3 Å². The van der Waals surface area contributed by atoms with Crippen molar-refractivity contribution in [1.29, 1.82) is 0 Å². The number of anilines is 1. The molecule has 0 fully saturated rings. The lowest BCUT2D eigenvalue weighted by molar-refractivity contribution is -0.439. The van der Waals surface area contributed by atoms with Gasteiger partial charge in [0, 0.05) is 72.5 Å². The number of allylic oxidation sites excluding steroid dienone is 5. The van der Waals surface area contributed by atoms with Gasteiger partial charge < -0.3 is 26.2 Å². The molecule has 2 heterocycles. The summed E-state index contributed by atoms with van der Waals surface area (Å²) in [6.45, 7) is 11.2. The van der Waals surface area contributed by atoms with Gasteiger partial charge in [0.2, 0.25) is 11.5 Å². The van der Waals surface area contributed by atoms with E-state index in [9.17, 15) is 37.8 Å². The average Bonchev–Trinajstić information content (AvgIpc) is 3.46. The number of amides is 1. The van der Waals surface area contributed by atoms with E-state index in [-0.39, 0.29) is 41.3 Å². The number of carboxylic acid groups (broad SMARTS) is 1. The summed E-state index contributed by atoms with van der Waals surface area (Å²) in [7, 11) is 0. The molecule has 2 aromatic rings. The van der Waals surface area contributed by atoms with Gasteiger partial charge in [-0.25, -0.2) is 4.79 Å². The molecule has 12 heteroatoms. The molecule has 3 aliphatic rings. The van der Waals surface area contributed by atoms with Crippen molar-refractivity contribution in [2.24, 2.45) is 5.73 Å². The van der Waals surface area contributed by atoms with E-state index in [4.69, 9.17) is 5.73 Å². The van der Waals surface area contributed by atoms with E-state index in [0.717, 1.165) is 49.1 Å². The van der Waals surface area contributed by atoms with Crippen LogP contribution >= 0.6 is 0 Å². The molecule has 0 atom stereocenters. The van der Waals surface area contributed by atoms with Crippen LogP contribution in [0.2, 0.25) is 0 Å². The molecular weight excluding hydrogens is 697 g/mol. The Bertz CT molecular complexity index is 1950. The highest BCUT2D eigenvalue weighted by Gasteiger charge is 2.48. The Morgan fingerprint density at radius 1 is 0.926 bits per heavy atom. The van der Waals surface area contributed by atoms with E-state index in [2.05, 4.69) is 17.1 Å². The number of fused-ring (bicyclic) bond motifs is 2. The molecule has 2 aromatic carbocycles. The van der Waals surface area contributed by atoms with Gasteiger partial charge in [-0.1, -0.05) is 52.9 Å². The topological polar surface area (TPSA) is 136 Å². The number of nitrogens with one attached hydrogen (secondary N) is 1. The monoisotopic (exact) mass is 749 g/mol. The third-order valence-electron chi connectivity index (χ3n) is 10.9. The Kier molecular flexibility index (Phi) is 12.0. The maximum atomic E-state index is 14.0. The van der Waals surface area contributed by atoms with E-state index < -0.39 is 35.2 Å². The fraction of sp³-hybridized carbons (Fsp3) is 0.476. The molecule has 1 aliphatic carbocycles. The number of nitrogens with zero attached hydrogens (tertiary/aromatic N) is 2. The summed E-state index contributed by atoms with van der Waals surface area (Å²) in [6, 6.07) is 10.1. The summed E-state index contributed by atoms with van der Waals surface area (Å²) in [5.74, 6) is -2.00. The number of ketones is 1. The first-order valence-electron chi connectivity index (χ1n) is 18.9. The molecule has 5 N–H and O–H groups in total. The maximum absolute atomic E-state index is 14.0. The van der Waals surface area contributed by atoms with Crippen LogP contribution in [-0.2, 0) is 15.6 Å². The predicted octanol–water partition coefficient (Wildman–Crippen LogP) is 8.16. The summed E-state index contributed by atoms with van der Waals surface area (Å²) in [4.78, 5) is 40.8. The van der Waals surface area contributed by atoms with E-state index in [1.54, 1.807) is 22.8 Å². The van der Waals surface area contributed by atoms with Crippen LogP contribution in [0.25, 0.3) is 0 Å². The van der Waals surface area contributed by atoms with Crippen LogP contribution < -0.4 is 16.0 Å². The summed E-state index contributed by atoms with van der Waals surface area (Å²) in [6.07, 6.45) is 4.21. The van der Waals surface area contributed by atoms with E-state index in [1.807, 2.05) is 39.8 Å². The molecule has 290 valence electrons. The van der Waals surface area contributed by atoms with E-state index in [1.165, 1.54) is 24.6 Å². The van der Waals surface area contributed by atoms with Crippen molar-refractivity contribution in [2.45, 2.75) is 103 Å². The average molecular weight is 750 g/mol. The minimum absolute atomic E-state index is 0.0247. The lowest BCUT2D eigenvalue weighted by Crippen LogP contribution is -2.32. The van der Waals surface area contributed by atoms with Gasteiger partial charge in [0.1, 0.15) is 12.3 Å². The second-order valence-electron chi connectivity index (χ2n) is 15.4. The fourth-order valence-electron chi connectivity index (χ4n) is 7.79. The van der Waals surface area contributed by atoms with Crippen LogP contribution in [0.1, 0.15) is 118 Å². The largest absolute Gasteiger partial charge is 0.506 e. The van der Waals surface area contributed by atoms with Crippen LogP contribution in [0, 0.1) is 0 Å². The molecule has 0 saturated carbocycles. The highest BCUT2D eigenvalue weighted by atomic mass is 19.4. The summed E-state index contributed by atoms with van der Waals surface area (Å²) >= 11 is 0. The number of aliphatic hydroxyl groups is 1. The number of unbranched alkanes of at least 4 members (excludes halogenated alkanes) is 5. The Hall–Kier alpha value is -4.71. The SMILES string of the molecule is CCCCCCCCN1/C(=C\C2=C(O)C(=C/C3=[N+](CCCC(F)(F)F)c4ccc(C(=O)O)cc4C3(C)C)/C2=O)C(C)(C)c2cc(C(=O)NCCN)ccc21. The van der Waals surface area contributed by atoms with Crippen LogP contribution in [0.5, 0.6) is 0 Å². The van der Waals surface area contributed by atoms with Crippen LogP contribution in [0.3, 0.4) is 0 Å². The lowest BCUT2D eigenvalue weighted by Gasteiger charge is -2.29. The third-order valence-corrected chi connectivity index (χ3v) is 10.9. The first-order valence-corrected chi connectivity index (χ1v) is 18.9. The van der Waals surface area contributed by atoms with Crippen LogP contribution in [0.4, 0.5) is 24.5 Å². The second kappa shape index (κ2) is 15.9. The molecule has 5 rings (SSSR count). The van der Waals surface area contributed by atoms with Gasteiger partial charge in [-0.15, -0.1) is 0 Å². The van der Waals surface area contributed by atoms with Crippen molar-refractivity contribution in [3.05, 3.63) is 93.4 Å². The zero-order chi connectivity index (χ0) is 39.6. The fourth-order valence-corrected chi connectivity index (χ4v) is 7.79. The number of benzene rings is 2. The van der Waals surface area contributed by atoms with Gasteiger partial charge in [0.05, 0.1) is 22.1 Å². The first-order chi connectivity index (χ1) is 25.4. The Morgan fingerprint density at radius 3 is 2.24 bits per heavy atom. The number of carbonyl (C=O) groups excluding carboxylic acids is 2. The first kappa shape index (κ1) is 40.5. The number of hydrogen-bond acceptors (Lipinski definition) is 6. The Labute approximate surface area is 315 Å². The van der Waals surface area contributed by atoms with Crippen molar-refractivity contribution >= 4 is 34.7 Å². The zero-order valence-electron chi connectivity index (χ0n) is 31.8. The molecule has 1 amide bonds. The molecular formula is C42H52F3N4O5+. The zero-order valence-corrected chi connectivity index (χ0v) is 31.8. The van der Waals surface area contributed by atoms with Crippen molar-refractivity contribution in [3.8, 4) is 0 Å². The normalized spacial score (nSPS) is 18.8. The molecule has 2 aliphatic heterocycles. The van der Waals surface area contributed by atoms with Gasteiger partial charge >= 0.3 is 12.1 Å². The number of rotatable bonds is 16. The number of halogens is 3. The number of carbonyl (C=O) groups is 3. The minimum Gasteiger partial charge on any atom is -0.506 e. The van der Waals surface area contributed by atoms with Gasteiger partial charge in [-0.2, -0.15) is 17.7 Å². The number of aliphatic hydroxyl groups excluding tert-OH is 1. The van der Waals surface area contributed by atoms with Gasteiger partial charge in [0.25, 0.3) is 5.91 Å². The minimum atomic E-state index is -4.35. The summed E-state index contributed by atoms with van der Waals surface area (Å²) in [5.41, 5.74) is 9.04. The van der Waals surface area contributed by atoms with Crippen LogP contribution in [0.15, 0.2) is 71.2 Å². The maximum Gasteiger partial charge on any atom is 0.389 e. The molecule has 0 bridgehead atoms. The van der Waals surface area contributed by atoms with Crippen molar-refractivity contribution in [3.63, 3.8) is 0 Å². The standard InChI is InChI=1S/C42H51F3N4O5/c1-6-7-8-9-10-11-20-48-32-15-13-26(38(52)47-19-18-46)22-30(32)40(2,3)34(48)24-28-36(50)29(37(28)51)25-35-41(4,5)31-23-27(39(53)54)14-16-33(31)49(35)21-12-17-42(43,44)45/h13-16,22-25H,6-12,17-21,46H2,1-5H3,(H2-,47,50,51,52,53,54)/p+1. The number of alkyl halides is 3. The lowest BCUT2D eigenvalue weighted by atomic mass is 9.77. The van der Waals surface area contributed by atoms with Crippen LogP contribution in [-0.4, -0.2) is 70.5 Å². The third kappa shape index (κ3) is 8.04. The number of hydrogen-bond donors (Lipinski definition) is 4. The summed E-state index contributed by atoms with van der Waals surface area (Å²) < 4.78 is 41.3. The highest BCUT2D eigenvalue weighted by Crippen LogP contribution is 2.50. The molecule has 0 radical (unpaired) electrons. The molecule has 0 unspecified atom stereocenters. The van der Waals surface area contributed by atoms with E-state index >= 15 is 0 Å². The van der Waals surface area contributed by atoms with Gasteiger partial charge in [0.15, 0.2) is 5.71 Å². The molecule has 0 spiro atoms. The number of aromatic carboxylic acids is 1. The summed E-state index contributed by atoms with van der Waals surface area (Å²) in [5, 5.41) is 24.0. The molecule has 54 heavy (non-hydrogen) atoms. The van der Waals surface area contributed by atoms with Gasteiger partial charge in [-0.05, 0) is 62.2 Å². The molecule has 9 nitrogen and oxygen atoms in total. The number of nitrogens with two attached hydrogens (primary N) is 1. The number of carboxylic acids is 1. The Morgan fingerprint density at radius 2 is 1.59 bits per heavy atom. The van der Waals surface area contributed by atoms with E-state index in [0.29, 0.717) is 42.2 Å². The molecule has 0 saturated heterocycles. The second-order valence-corrected chi connectivity index (χ2v) is 15.4. The Balaban J connectivity index is 1.54. The number of Topliss-reactive ketones (excluding diaryl/α,β-unsaturated/α-hetero) is 1. The van der Waals surface area contributed by atoms with Gasteiger partial charge in [-0.3, -0.25) is 9.59 Å². The predicted molar refractivity (Wildman–Crippen MR) is 204 cm³/mol. The quantitative estimate of drug-likeness (QED) is 0.0773. The van der Waals surface area contributed by atoms with Crippen molar-refractivity contribution in [1.82, 2.24) is 5.32 Å². The molecule has 0 aromatic heterocycles. The highest BCUT2D eigenvalue weighted by molar-refractivity contribution is 6.24. The van der Waals surface area contributed by atoms with Crippen molar-refractivity contribution in [2.75, 3.05) is 31.1 Å².